The number of methoxy groups -OCH3 is 1. The summed E-state index contributed by atoms with van der Waals surface area (Å²) in [6.07, 6.45) is 0. The van der Waals surface area contributed by atoms with Crippen molar-refractivity contribution in [2.24, 2.45) is 0 Å². The van der Waals surface area contributed by atoms with Crippen LogP contribution in [0.15, 0.2) is 59.5 Å². The first-order valence-corrected chi connectivity index (χ1v) is 10.6. The Morgan fingerprint density at radius 1 is 1.06 bits per heavy atom. The van der Waals surface area contributed by atoms with Gasteiger partial charge in [0.2, 0.25) is 15.9 Å². The molecule has 0 fully saturated rings. The first-order chi connectivity index (χ1) is 14.8. The number of sulfonamides is 1. The molecule has 1 N–H and O–H groups in total. The molecule has 31 heavy (non-hydrogen) atoms. The van der Waals surface area contributed by atoms with Crippen LogP contribution < -0.4 is 14.2 Å². The second kappa shape index (κ2) is 9.49. The van der Waals surface area contributed by atoms with Gasteiger partial charge in [-0.15, -0.1) is 10.2 Å². The topological polar surface area (TPSA) is 134 Å². The number of nitrogens with one attached hydrogen (secondary N) is 1. The summed E-state index contributed by atoms with van der Waals surface area (Å²) in [5.74, 6) is 0.974. The van der Waals surface area contributed by atoms with E-state index in [0.29, 0.717) is 11.3 Å². The minimum atomic E-state index is -3.93. The van der Waals surface area contributed by atoms with Gasteiger partial charge in [-0.2, -0.15) is 0 Å². The van der Waals surface area contributed by atoms with E-state index in [0.717, 1.165) is 17.4 Å². The van der Waals surface area contributed by atoms with E-state index >= 15 is 0 Å². The molecular weight excluding hydrogens is 424 g/mol. The molecule has 0 aliphatic heterocycles. The number of hydrogen-bond donors (Lipinski definition) is 1. The van der Waals surface area contributed by atoms with Crippen LogP contribution in [-0.4, -0.2) is 43.8 Å². The zero-order chi connectivity index (χ0) is 22.4. The molecule has 0 amide bonds. The van der Waals surface area contributed by atoms with E-state index in [1.165, 1.54) is 12.1 Å². The fourth-order valence-electron chi connectivity index (χ4n) is 2.71. The van der Waals surface area contributed by atoms with Crippen molar-refractivity contribution in [1.29, 1.82) is 0 Å². The van der Waals surface area contributed by atoms with Gasteiger partial charge in [-0.05, 0) is 42.8 Å². The van der Waals surface area contributed by atoms with Gasteiger partial charge in [0.25, 0.3) is 5.69 Å². The highest BCUT2D eigenvalue weighted by Gasteiger charge is 2.20. The predicted molar refractivity (Wildman–Crippen MR) is 113 cm³/mol. The maximum atomic E-state index is 12.5. The van der Waals surface area contributed by atoms with Crippen molar-refractivity contribution in [3.8, 4) is 22.9 Å². The summed E-state index contributed by atoms with van der Waals surface area (Å²) < 4.78 is 37.8. The Labute approximate surface area is 179 Å². The number of non-ortho nitro benzene ring substituents is 1. The van der Waals surface area contributed by atoms with Gasteiger partial charge in [-0.1, -0.05) is 6.07 Å². The Hall–Kier alpha value is -3.57. The van der Waals surface area contributed by atoms with E-state index in [-0.39, 0.29) is 29.6 Å². The van der Waals surface area contributed by atoms with Gasteiger partial charge in [0.15, 0.2) is 0 Å². The summed E-state index contributed by atoms with van der Waals surface area (Å²) >= 11 is 0. The first-order valence-electron chi connectivity index (χ1n) is 9.16. The van der Waals surface area contributed by atoms with Crippen LogP contribution in [0.5, 0.6) is 11.6 Å². The second-order valence-electron chi connectivity index (χ2n) is 6.44. The Kier molecular flexibility index (Phi) is 6.78. The molecule has 0 unspecified atom stereocenters. The molecule has 0 radical (unpaired) electrons. The predicted octanol–water partition coefficient (Wildman–Crippen LogP) is 2.73. The number of nitrogens with zero attached hydrogens (tertiary/aromatic N) is 3. The number of rotatable bonds is 9. The number of aromatic nitrogens is 2. The molecule has 0 aliphatic carbocycles. The van der Waals surface area contributed by atoms with Crippen LogP contribution in [0.1, 0.15) is 5.56 Å². The lowest BCUT2D eigenvalue weighted by molar-refractivity contribution is -0.385. The number of aryl methyl sites for hydroxylation is 1. The van der Waals surface area contributed by atoms with E-state index in [1.54, 1.807) is 26.2 Å². The third kappa shape index (κ3) is 5.53. The fraction of sp³-hybridized carbons (Fsp3) is 0.200. The highest BCUT2D eigenvalue weighted by atomic mass is 32.2. The van der Waals surface area contributed by atoms with Crippen LogP contribution in [0.3, 0.4) is 0 Å². The van der Waals surface area contributed by atoms with Crippen molar-refractivity contribution >= 4 is 15.7 Å². The maximum Gasteiger partial charge on any atom is 0.270 e. The average Bonchev–Trinajstić information content (AvgIpc) is 2.77. The number of hydrogen-bond acceptors (Lipinski definition) is 8. The smallest absolute Gasteiger partial charge is 0.270 e. The van der Waals surface area contributed by atoms with Gasteiger partial charge in [0, 0.05) is 30.3 Å². The maximum absolute atomic E-state index is 12.5. The largest absolute Gasteiger partial charge is 0.497 e. The molecule has 10 nitrogen and oxygen atoms in total. The van der Waals surface area contributed by atoms with E-state index in [9.17, 15) is 18.5 Å². The van der Waals surface area contributed by atoms with Gasteiger partial charge in [-0.3, -0.25) is 10.1 Å². The summed E-state index contributed by atoms with van der Waals surface area (Å²) in [5, 5.41) is 19.0. The van der Waals surface area contributed by atoms with Crippen molar-refractivity contribution in [2.45, 2.75) is 11.8 Å². The molecule has 1 heterocycles. The van der Waals surface area contributed by atoms with Crippen LogP contribution in [0.25, 0.3) is 11.3 Å². The van der Waals surface area contributed by atoms with Gasteiger partial charge in [0.05, 0.1) is 22.6 Å². The lowest BCUT2D eigenvalue weighted by atomic mass is 10.1. The minimum Gasteiger partial charge on any atom is -0.497 e. The monoisotopic (exact) mass is 444 g/mol. The van der Waals surface area contributed by atoms with Crippen LogP contribution >= 0.6 is 0 Å². The molecule has 3 aromatic rings. The molecule has 0 saturated carbocycles. The molecular formula is C20H20N4O6S. The molecule has 162 valence electrons. The van der Waals surface area contributed by atoms with Gasteiger partial charge in [0.1, 0.15) is 12.4 Å². The number of nitro groups is 1. The number of benzene rings is 2. The van der Waals surface area contributed by atoms with E-state index < -0.39 is 14.9 Å². The standard InChI is InChI=1S/C20H20N4O6S/c1-14-3-6-16(24(25)26)13-19(14)31(27,28)21-11-12-30-20-10-9-18(22-23-20)15-4-7-17(29-2)8-5-15/h3-10,13,21H,11-12H2,1-2H3. The molecule has 0 atom stereocenters. The van der Waals surface area contributed by atoms with Gasteiger partial charge < -0.3 is 9.47 Å². The molecule has 0 saturated heterocycles. The molecule has 3 rings (SSSR count). The summed E-state index contributed by atoms with van der Waals surface area (Å²) in [4.78, 5) is 10.1. The zero-order valence-corrected chi connectivity index (χ0v) is 17.6. The van der Waals surface area contributed by atoms with Crippen LogP contribution in [0, 0.1) is 17.0 Å². The summed E-state index contributed by atoms with van der Waals surface area (Å²) in [6.45, 7) is 1.52. The summed E-state index contributed by atoms with van der Waals surface area (Å²) in [7, 11) is -2.34. The van der Waals surface area contributed by atoms with E-state index in [1.807, 2.05) is 24.3 Å². The zero-order valence-electron chi connectivity index (χ0n) is 16.8. The molecule has 0 aliphatic rings. The lowest BCUT2D eigenvalue weighted by Gasteiger charge is -2.10. The SMILES string of the molecule is COc1ccc(-c2ccc(OCCNS(=O)(=O)c3cc([N+](=O)[O-])ccc3C)nn2)cc1. The Morgan fingerprint density at radius 3 is 2.42 bits per heavy atom. The van der Waals surface area contributed by atoms with E-state index in [2.05, 4.69) is 14.9 Å². The van der Waals surface area contributed by atoms with Crippen molar-refractivity contribution in [3.63, 3.8) is 0 Å². The van der Waals surface area contributed by atoms with E-state index in [4.69, 9.17) is 9.47 Å². The van der Waals surface area contributed by atoms with Gasteiger partial charge in [-0.25, -0.2) is 13.1 Å². The molecule has 1 aromatic heterocycles. The fourth-order valence-corrected chi connectivity index (χ4v) is 3.99. The molecule has 11 heteroatoms. The van der Waals surface area contributed by atoms with Crippen molar-refractivity contribution in [2.75, 3.05) is 20.3 Å². The lowest BCUT2D eigenvalue weighted by Crippen LogP contribution is -2.29. The van der Waals surface area contributed by atoms with Crippen LogP contribution in [-0.2, 0) is 10.0 Å². The molecule has 0 spiro atoms. The minimum absolute atomic E-state index is 0.00374. The average molecular weight is 444 g/mol. The Morgan fingerprint density at radius 2 is 1.81 bits per heavy atom. The molecule has 2 aromatic carbocycles. The summed E-state index contributed by atoms with van der Waals surface area (Å²) in [5.41, 5.74) is 1.62. The quantitative estimate of drug-likeness (QED) is 0.302. The normalized spacial score (nSPS) is 11.2. The Balaban J connectivity index is 1.56. The Bertz CT molecular complexity index is 1170. The van der Waals surface area contributed by atoms with Crippen molar-refractivity contribution in [3.05, 3.63) is 70.3 Å². The third-order valence-electron chi connectivity index (χ3n) is 4.34. The van der Waals surface area contributed by atoms with Gasteiger partial charge >= 0.3 is 0 Å². The van der Waals surface area contributed by atoms with Crippen molar-refractivity contribution < 1.29 is 22.8 Å². The van der Waals surface area contributed by atoms with Crippen LogP contribution in [0.4, 0.5) is 5.69 Å². The third-order valence-corrected chi connectivity index (χ3v) is 5.95. The molecule has 0 bridgehead atoms. The van der Waals surface area contributed by atoms with Crippen molar-refractivity contribution in [1.82, 2.24) is 14.9 Å². The first kappa shape index (κ1) is 22.1. The summed E-state index contributed by atoms with van der Waals surface area (Å²) in [6, 6.07) is 14.4. The number of ether oxygens (including phenoxy) is 2. The highest BCUT2D eigenvalue weighted by Crippen LogP contribution is 2.22. The number of nitro benzene ring substituents is 1. The second-order valence-corrected chi connectivity index (χ2v) is 8.17. The van der Waals surface area contributed by atoms with Crippen LogP contribution in [0.2, 0.25) is 0 Å². The highest BCUT2D eigenvalue weighted by molar-refractivity contribution is 7.89.